The van der Waals surface area contributed by atoms with Gasteiger partial charge in [0.1, 0.15) is 6.10 Å². The van der Waals surface area contributed by atoms with Crippen LogP contribution in [0.2, 0.25) is 0 Å². The van der Waals surface area contributed by atoms with Gasteiger partial charge in [-0.05, 0) is 17.7 Å². The van der Waals surface area contributed by atoms with Gasteiger partial charge in [-0.25, -0.2) is 0 Å². The van der Waals surface area contributed by atoms with Crippen LogP contribution in [0.4, 0.5) is 0 Å². The highest BCUT2D eigenvalue weighted by Crippen LogP contribution is 2.38. The second-order valence-electron chi connectivity index (χ2n) is 5.49. The van der Waals surface area contributed by atoms with E-state index in [9.17, 15) is 25.2 Å². The molecule has 2 aliphatic rings. The molecule has 0 bridgehead atoms. The van der Waals surface area contributed by atoms with Crippen molar-refractivity contribution >= 4 is 11.4 Å². The number of ketones is 1. The van der Waals surface area contributed by atoms with E-state index in [2.05, 4.69) is 0 Å². The quantitative estimate of drug-likeness (QED) is 0.563. The number of phenolic OH excluding ortho intramolecular Hbond substituents is 2. The maximum absolute atomic E-state index is 12.5. The lowest BCUT2D eigenvalue weighted by molar-refractivity contribution is -0.137. The molecule has 1 aliphatic carbocycles. The van der Waals surface area contributed by atoms with Gasteiger partial charge in [-0.15, -0.1) is 0 Å². The van der Waals surface area contributed by atoms with Crippen LogP contribution >= 0.6 is 0 Å². The summed E-state index contributed by atoms with van der Waals surface area (Å²) >= 11 is 0. The number of carbonyl (C=O) groups is 1. The maximum atomic E-state index is 12.5. The molecule has 1 aromatic carbocycles. The van der Waals surface area contributed by atoms with Crippen LogP contribution in [0.5, 0.6) is 11.5 Å². The summed E-state index contributed by atoms with van der Waals surface area (Å²) in [4.78, 5) is 12.5. The van der Waals surface area contributed by atoms with Crippen LogP contribution in [0.25, 0.3) is 5.57 Å². The molecule has 21 heavy (non-hydrogen) atoms. The first-order chi connectivity index (χ1) is 9.97. The second-order valence-corrected chi connectivity index (χ2v) is 5.49. The molecule has 0 saturated heterocycles. The summed E-state index contributed by atoms with van der Waals surface area (Å²) in [5, 5.41) is 38.5. The molecule has 1 saturated carbocycles. The number of Topliss-reactive ketones (excluding diaryl/α,β-unsaturated/α-hetero) is 1. The van der Waals surface area contributed by atoms with Gasteiger partial charge in [-0.1, -0.05) is 6.07 Å². The lowest BCUT2D eigenvalue weighted by Gasteiger charge is -2.39. The number of hydrogen-bond acceptors (Lipinski definition) is 6. The molecular weight excluding hydrogens is 276 g/mol. The van der Waals surface area contributed by atoms with Crippen molar-refractivity contribution in [2.24, 2.45) is 5.92 Å². The van der Waals surface area contributed by atoms with Crippen molar-refractivity contribution < 1.29 is 30.0 Å². The Labute approximate surface area is 120 Å². The summed E-state index contributed by atoms with van der Waals surface area (Å²) in [5.74, 6) is -1.61. The van der Waals surface area contributed by atoms with E-state index in [1.807, 2.05) is 0 Å². The Hall–Kier alpha value is -2.05. The van der Waals surface area contributed by atoms with Crippen LogP contribution in [0.1, 0.15) is 18.4 Å². The molecule has 0 radical (unpaired) electrons. The number of aliphatic hydroxyl groups is 2. The van der Waals surface area contributed by atoms with E-state index in [0.29, 0.717) is 12.0 Å². The van der Waals surface area contributed by atoms with E-state index in [4.69, 9.17) is 4.74 Å². The van der Waals surface area contributed by atoms with Crippen LogP contribution in [0, 0.1) is 5.92 Å². The number of fused-ring (bicyclic) bond motifs is 1. The van der Waals surface area contributed by atoms with Gasteiger partial charge in [0.25, 0.3) is 0 Å². The molecule has 0 spiro atoms. The summed E-state index contributed by atoms with van der Waals surface area (Å²) in [7, 11) is 0. The van der Waals surface area contributed by atoms with E-state index in [-0.39, 0.29) is 29.3 Å². The van der Waals surface area contributed by atoms with Gasteiger partial charge in [0.2, 0.25) is 0 Å². The van der Waals surface area contributed by atoms with Crippen LogP contribution in [0.15, 0.2) is 24.5 Å². The minimum absolute atomic E-state index is 0.143. The Balaban J connectivity index is 1.94. The van der Waals surface area contributed by atoms with Gasteiger partial charge in [-0.3, -0.25) is 4.79 Å². The summed E-state index contributed by atoms with van der Waals surface area (Å²) < 4.78 is 5.48. The average molecular weight is 292 g/mol. The fourth-order valence-electron chi connectivity index (χ4n) is 2.96. The Morgan fingerprint density at radius 2 is 1.86 bits per heavy atom. The minimum atomic E-state index is -0.958. The number of carbonyl (C=O) groups excluding carboxylic acids is 1. The molecule has 1 aromatic rings. The number of ether oxygens (including phenoxy) is 1. The first-order valence-electron chi connectivity index (χ1n) is 6.75. The Bertz CT molecular complexity index is 608. The van der Waals surface area contributed by atoms with Crippen molar-refractivity contribution in [1.82, 2.24) is 0 Å². The van der Waals surface area contributed by atoms with Gasteiger partial charge in [-0.2, -0.15) is 0 Å². The van der Waals surface area contributed by atoms with Crippen molar-refractivity contribution in [2.75, 3.05) is 0 Å². The fraction of sp³-hybridized carbons (Fsp3) is 0.400. The van der Waals surface area contributed by atoms with E-state index >= 15 is 0 Å². The first-order valence-corrected chi connectivity index (χ1v) is 6.75. The van der Waals surface area contributed by atoms with Gasteiger partial charge in [0.05, 0.1) is 30.0 Å². The predicted molar refractivity (Wildman–Crippen MR) is 72.4 cm³/mol. The molecule has 4 N–H and O–H groups in total. The van der Waals surface area contributed by atoms with Gasteiger partial charge >= 0.3 is 0 Å². The average Bonchev–Trinajstić information content (AvgIpc) is 2.41. The van der Waals surface area contributed by atoms with E-state index in [1.54, 1.807) is 0 Å². The Kier molecular flexibility index (Phi) is 3.35. The first kappa shape index (κ1) is 13.9. The van der Waals surface area contributed by atoms with Crippen LogP contribution in [-0.2, 0) is 9.53 Å². The second kappa shape index (κ2) is 5.05. The third-order valence-electron chi connectivity index (χ3n) is 4.05. The molecule has 3 rings (SSSR count). The molecular formula is C15H16O6. The molecule has 1 aliphatic heterocycles. The smallest absolute Gasteiger partial charge is 0.175 e. The zero-order chi connectivity index (χ0) is 15.1. The SMILES string of the molecule is O=C1C(c2ccc(O)c(O)c2)=COC2CC(O)CC(O)C12. The lowest BCUT2D eigenvalue weighted by atomic mass is 9.76. The highest BCUT2D eigenvalue weighted by atomic mass is 16.5. The molecule has 6 heteroatoms. The number of allylic oxidation sites excluding steroid dienone is 1. The summed E-state index contributed by atoms with van der Waals surface area (Å²) in [6.45, 7) is 0. The van der Waals surface area contributed by atoms with E-state index in [1.165, 1.54) is 24.5 Å². The molecule has 6 nitrogen and oxygen atoms in total. The van der Waals surface area contributed by atoms with Gasteiger partial charge in [0.15, 0.2) is 17.3 Å². The largest absolute Gasteiger partial charge is 0.504 e. The number of aliphatic hydroxyl groups excluding tert-OH is 2. The van der Waals surface area contributed by atoms with Crippen molar-refractivity contribution in [3.8, 4) is 11.5 Å². The molecule has 0 aromatic heterocycles. The molecule has 4 unspecified atom stereocenters. The molecule has 4 atom stereocenters. The van der Waals surface area contributed by atoms with Gasteiger partial charge < -0.3 is 25.2 Å². The number of benzene rings is 1. The van der Waals surface area contributed by atoms with Crippen molar-refractivity contribution in [3.63, 3.8) is 0 Å². The standard InChI is InChI=1S/C15H16O6/c16-8-4-12(19)14-13(5-8)21-6-9(15(14)20)7-1-2-10(17)11(18)3-7/h1-3,6,8,12-14,16-19H,4-5H2. The molecule has 1 heterocycles. The minimum Gasteiger partial charge on any atom is -0.504 e. The normalized spacial score (nSPS) is 32.1. The van der Waals surface area contributed by atoms with Crippen LogP contribution in [-0.4, -0.2) is 44.5 Å². The topological polar surface area (TPSA) is 107 Å². The maximum Gasteiger partial charge on any atom is 0.175 e. The number of aromatic hydroxyl groups is 2. The van der Waals surface area contributed by atoms with Crippen molar-refractivity contribution in [3.05, 3.63) is 30.0 Å². The monoisotopic (exact) mass is 292 g/mol. The van der Waals surface area contributed by atoms with Crippen molar-refractivity contribution in [1.29, 1.82) is 0 Å². The lowest BCUT2D eigenvalue weighted by Crippen LogP contribution is -2.48. The summed E-state index contributed by atoms with van der Waals surface area (Å²) in [6.07, 6.45) is -0.434. The summed E-state index contributed by atoms with van der Waals surface area (Å²) in [6, 6.07) is 4.05. The van der Waals surface area contributed by atoms with Crippen LogP contribution in [0.3, 0.4) is 0 Å². The van der Waals surface area contributed by atoms with Crippen LogP contribution < -0.4 is 0 Å². The Morgan fingerprint density at radius 1 is 1.10 bits per heavy atom. The van der Waals surface area contributed by atoms with E-state index in [0.717, 1.165) is 0 Å². The number of rotatable bonds is 1. The van der Waals surface area contributed by atoms with Crippen molar-refractivity contribution in [2.45, 2.75) is 31.2 Å². The third-order valence-corrected chi connectivity index (χ3v) is 4.05. The molecule has 0 amide bonds. The number of phenols is 2. The van der Waals surface area contributed by atoms with Gasteiger partial charge in [0, 0.05) is 12.8 Å². The Morgan fingerprint density at radius 3 is 2.57 bits per heavy atom. The zero-order valence-electron chi connectivity index (χ0n) is 11.1. The highest BCUT2D eigenvalue weighted by Gasteiger charge is 2.45. The number of hydrogen-bond donors (Lipinski definition) is 4. The molecule has 1 fully saturated rings. The third kappa shape index (κ3) is 2.36. The zero-order valence-corrected chi connectivity index (χ0v) is 11.1. The fourth-order valence-corrected chi connectivity index (χ4v) is 2.96. The highest BCUT2D eigenvalue weighted by molar-refractivity contribution is 6.22. The molecule has 112 valence electrons. The predicted octanol–water partition coefficient (Wildman–Crippen LogP) is 0.538. The van der Waals surface area contributed by atoms with E-state index < -0.39 is 24.2 Å². The summed E-state index contributed by atoms with van der Waals surface area (Å²) in [5.41, 5.74) is 0.647.